The van der Waals surface area contributed by atoms with Crippen molar-refractivity contribution in [3.8, 4) is 5.69 Å². The molecule has 8 nitrogen and oxygen atoms in total. The summed E-state index contributed by atoms with van der Waals surface area (Å²) in [5.41, 5.74) is 1.69. The summed E-state index contributed by atoms with van der Waals surface area (Å²) in [6.07, 6.45) is 5.21. The number of ether oxygens (including phenoxy) is 1. The third-order valence-electron chi connectivity index (χ3n) is 7.03. The molecule has 0 bridgehead atoms. The number of nitrogens with zero attached hydrogens (tertiary/aromatic N) is 3. The van der Waals surface area contributed by atoms with Crippen molar-refractivity contribution in [3.05, 3.63) is 71.7 Å². The second kappa shape index (κ2) is 12.2. The Bertz CT molecular complexity index is 1310. The van der Waals surface area contributed by atoms with Gasteiger partial charge in [0.2, 0.25) is 5.91 Å². The summed E-state index contributed by atoms with van der Waals surface area (Å²) in [5.74, 6) is -0.543. The Morgan fingerprint density at radius 2 is 1.69 bits per heavy atom. The number of halogens is 1. The Kier molecular flexibility index (Phi) is 8.79. The van der Waals surface area contributed by atoms with Gasteiger partial charge in [0.1, 0.15) is 11.4 Å². The first-order valence-corrected chi connectivity index (χ1v) is 13.4. The van der Waals surface area contributed by atoms with E-state index in [1.165, 1.54) is 28.9 Å². The summed E-state index contributed by atoms with van der Waals surface area (Å²) in [6, 6.07) is 12.0. The number of nitrogens with one attached hydrogen (secondary N) is 1. The average Bonchev–Trinajstić information content (AvgIpc) is 3.35. The first kappa shape index (κ1) is 28.0. The van der Waals surface area contributed by atoms with Crippen LogP contribution in [0.5, 0.6) is 0 Å². The second-order valence-corrected chi connectivity index (χ2v) is 10.3. The molecule has 0 saturated heterocycles. The van der Waals surface area contributed by atoms with E-state index in [9.17, 15) is 18.8 Å². The lowest BCUT2D eigenvalue weighted by Crippen LogP contribution is -2.43. The van der Waals surface area contributed by atoms with Crippen LogP contribution in [0.15, 0.2) is 54.7 Å². The van der Waals surface area contributed by atoms with E-state index in [4.69, 9.17) is 4.74 Å². The predicted molar refractivity (Wildman–Crippen MR) is 148 cm³/mol. The van der Waals surface area contributed by atoms with Crippen molar-refractivity contribution in [3.63, 3.8) is 0 Å². The van der Waals surface area contributed by atoms with E-state index in [0.717, 1.165) is 25.7 Å². The molecule has 39 heavy (non-hydrogen) atoms. The standard InChI is InChI=1S/C30H35FN4O4/c1-5-39-30(38)26-18-34(33-27(26)35(19(2)3)29(37)22-8-6-20(4)7-9-22)25-16-10-21(11-17-25)28(36)32-24-14-12-23(31)13-15-24/h10-20,22H,5-9H2,1-4H3,(H,32,36). The molecule has 9 heteroatoms. The molecule has 1 heterocycles. The van der Waals surface area contributed by atoms with Crippen LogP contribution >= 0.6 is 0 Å². The Balaban J connectivity index is 1.62. The molecule has 1 saturated carbocycles. The zero-order chi connectivity index (χ0) is 28.1. The van der Waals surface area contributed by atoms with Crippen LogP contribution in [-0.4, -0.2) is 40.2 Å². The number of hydrogen-bond donors (Lipinski definition) is 1. The fourth-order valence-corrected chi connectivity index (χ4v) is 4.84. The smallest absolute Gasteiger partial charge is 0.343 e. The molecule has 0 unspecified atom stereocenters. The third-order valence-corrected chi connectivity index (χ3v) is 7.03. The first-order valence-electron chi connectivity index (χ1n) is 13.4. The molecular weight excluding hydrogens is 499 g/mol. The van der Waals surface area contributed by atoms with Gasteiger partial charge in [-0.15, -0.1) is 5.10 Å². The minimum atomic E-state index is -0.551. The maximum Gasteiger partial charge on any atom is 0.343 e. The normalized spacial score (nSPS) is 17.1. The molecule has 1 aliphatic rings. The van der Waals surface area contributed by atoms with E-state index < -0.39 is 5.97 Å². The van der Waals surface area contributed by atoms with Crippen LogP contribution in [0.1, 0.15) is 74.1 Å². The number of anilines is 2. The van der Waals surface area contributed by atoms with Gasteiger partial charge >= 0.3 is 5.97 Å². The van der Waals surface area contributed by atoms with Crippen molar-refractivity contribution in [1.29, 1.82) is 0 Å². The number of carbonyl (C=O) groups is 3. The quantitative estimate of drug-likeness (QED) is 0.357. The topological polar surface area (TPSA) is 93.5 Å². The molecule has 2 aromatic carbocycles. The Morgan fingerprint density at radius 1 is 1.05 bits per heavy atom. The molecular formula is C30H35FN4O4. The maximum atomic E-state index is 13.7. The Morgan fingerprint density at radius 3 is 2.28 bits per heavy atom. The van der Waals surface area contributed by atoms with E-state index in [-0.39, 0.29) is 47.6 Å². The van der Waals surface area contributed by atoms with Gasteiger partial charge in [-0.25, -0.2) is 13.9 Å². The number of benzene rings is 2. The van der Waals surface area contributed by atoms with Gasteiger partial charge in [0.05, 0.1) is 12.3 Å². The highest BCUT2D eigenvalue weighted by Gasteiger charge is 2.34. The number of hydrogen-bond acceptors (Lipinski definition) is 5. The number of rotatable bonds is 8. The zero-order valence-corrected chi connectivity index (χ0v) is 22.8. The minimum absolute atomic E-state index is 0.0273. The molecule has 4 rings (SSSR count). The number of carbonyl (C=O) groups excluding carboxylic acids is 3. The lowest BCUT2D eigenvalue weighted by Gasteiger charge is -2.32. The van der Waals surface area contributed by atoms with Gasteiger partial charge in [-0.2, -0.15) is 0 Å². The summed E-state index contributed by atoms with van der Waals surface area (Å²) in [4.78, 5) is 40.9. The van der Waals surface area contributed by atoms with Gasteiger partial charge in [0.25, 0.3) is 5.91 Å². The molecule has 0 spiro atoms. The molecule has 3 aromatic rings. The summed E-state index contributed by atoms with van der Waals surface area (Å²) in [6.45, 7) is 7.94. The highest BCUT2D eigenvalue weighted by Crippen LogP contribution is 2.33. The van der Waals surface area contributed by atoms with Gasteiger partial charge in [0.15, 0.2) is 5.82 Å². The molecule has 2 amide bonds. The van der Waals surface area contributed by atoms with Crippen LogP contribution in [-0.2, 0) is 9.53 Å². The summed E-state index contributed by atoms with van der Waals surface area (Å²) in [7, 11) is 0. The molecule has 1 fully saturated rings. The van der Waals surface area contributed by atoms with Crippen molar-refractivity contribution < 1.29 is 23.5 Å². The highest BCUT2D eigenvalue weighted by molar-refractivity contribution is 6.04. The van der Waals surface area contributed by atoms with Crippen LogP contribution in [0.25, 0.3) is 5.69 Å². The second-order valence-electron chi connectivity index (χ2n) is 10.3. The molecule has 206 valence electrons. The number of aromatic nitrogens is 2. The Hall–Kier alpha value is -4.01. The van der Waals surface area contributed by atoms with Gasteiger partial charge in [-0.3, -0.25) is 14.5 Å². The largest absolute Gasteiger partial charge is 0.462 e. The van der Waals surface area contributed by atoms with Crippen LogP contribution in [0.2, 0.25) is 0 Å². The van der Waals surface area contributed by atoms with E-state index in [1.807, 2.05) is 13.8 Å². The predicted octanol–water partition coefficient (Wildman–Crippen LogP) is 6.01. The van der Waals surface area contributed by atoms with Crippen molar-refractivity contribution in [2.75, 3.05) is 16.8 Å². The fraction of sp³-hybridized carbons (Fsp3) is 0.400. The van der Waals surface area contributed by atoms with Crippen LogP contribution < -0.4 is 10.2 Å². The summed E-state index contributed by atoms with van der Waals surface area (Å²) in [5, 5.41) is 7.40. The van der Waals surface area contributed by atoms with Crippen LogP contribution in [0.4, 0.5) is 15.9 Å². The molecule has 0 aliphatic heterocycles. The van der Waals surface area contributed by atoms with Crippen LogP contribution in [0, 0.1) is 17.7 Å². The first-order chi connectivity index (χ1) is 18.7. The van der Waals surface area contributed by atoms with Gasteiger partial charge in [-0.1, -0.05) is 6.92 Å². The number of esters is 1. The molecule has 1 aliphatic carbocycles. The lowest BCUT2D eigenvalue weighted by atomic mass is 9.82. The fourth-order valence-electron chi connectivity index (χ4n) is 4.84. The van der Waals surface area contributed by atoms with Crippen molar-refractivity contribution in [2.45, 2.75) is 59.4 Å². The SMILES string of the molecule is CCOC(=O)c1cn(-c2ccc(C(=O)Nc3ccc(F)cc3)cc2)nc1N(C(=O)C1CCC(C)CC1)C(C)C. The summed E-state index contributed by atoms with van der Waals surface area (Å²) >= 11 is 0. The molecule has 1 N–H and O–H groups in total. The van der Waals surface area contributed by atoms with Crippen molar-refractivity contribution in [2.24, 2.45) is 11.8 Å². The average molecular weight is 535 g/mol. The van der Waals surface area contributed by atoms with Crippen molar-refractivity contribution >= 4 is 29.3 Å². The van der Waals surface area contributed by atoms with Gasteiger partial charge in [0, 0.05) is 29.4 Å². The maximum absolute atomic E-state index is 13.7. The highest BCUT2D eigenvalue weighted by atomic mass is 19.1. The van der Waals surface area contributed by atoms with E-state index in [2.05, 4.69) is 17.3 Å². The van der Waals surface area contributed by atoms with E-state index >= 15 is 0 Å². The zero-order valence-electron chi connectivity index (χ0n) is 22.8. The molecule has 0 radical (unpaired) electrons. The lowest BCUT2D eigenvalue weighted by molar-refractivity contribution is -0.124. The van der Waals surface area contributed by atoms with Crippen molar-refractivity contribution in [1.82, 2.24) is 9.78 Å². The van der Waals surface area contributed by atoms with E-state index in [1.54, 1.807) is 42.3 Å². The third kappa shape index (κ3) is 6.53. The summed E-state index contributed by atoms with van der Waals surface area (Å²) < 4.78 is 20.0. The molecule has 1 aromatic heterocycles. The van der Waals surface area contributed by atoms with Gasteiger partial charge in [-0.05, 0) is 101 Å². The van der Waals surface area contributed by atoms with E-state index in [0.29, 0.717) is 22.9 Å². The Labute approximate surface area is 228 Å². The minimum Gasteiger partial charge on any atom is -0.462 e. The van der Waals surface area contributed by atoms with Gasteiger partial charge < -0.3 is 10.1 Å². The van der Waals surface area contributed by atoms with Crippen LogP contribution in [0.3, 0.4) is 0 Å². The molecule has 0 atom stereocenters. The monoisotopic (exact) mass is 534 g/mol. The number of amides is 2.